The third kappa shape index (κ3) is 4.18. The highest BCUT2D eigenvalue weighted by Crippen LogP contribution is 2.30. The first-order valence-corrected chi connectivity index (χ1v) is 10.5. The summed E-state index contributed by atoms with van der Waals surface area (Å²) in [5, 5.41) is 5.44. The first-order chi connectivity index (χ1) is 14.2. The van der Waals surface area contributed by atoms with E-state index in [1.807, 2.05) is 24.3 Å². The van der Waals surface area contributed by atoms with Crippen LogP contribution in [0.5, 0.6) is 0 Å². The summed E-state index contributed by atoms with van der Waals surface area (Å²) >= 11 is 1.20. The van der Waals surface area contributed by atoms with Gasteiger partial charge in [0.2, 0.25) is 6.41 Å². The summed E-state index contributed by atoms with van der Waals surface area (Å²) in [7, 11) is 0. The standard InChI is InChI=1S/C14H12FN.C9H10N2OS/c15-13-5-2-8-16-14(13)12-7-6-10-3-1-4-11(10)9-12;10-13-8-2-1-7-3-4-11(6-12)9(7)5-8/h2,5-9H,1,3-4H2;1-2,5-6H,3-4,10H2. The number of aryl methyl sites for hydroxylation is 2. The first kappa shape index (κ1) is 19.6. The van der Waals surface area contributed by atoms with Gasteiger partial charge in [0.1, 0.15) is 11.5 Å². The molecular weight excluding hydrogens is 385 g/mol. The van der Waals surface area contributed by atoms with Gasteiger partial charge in [0.25, 0.3) is 0 Å². The van der Waals surface area contributed by atoms with Gasteiger partial charge in [-0.3, -0.25) is 14.9 Å². The largest absolute Gasteiger partial charge is 0.314 e. The second-order valence-electron chi connectivity index (χ2n) is 7.13. The molecule has 0 radical (unpaired) electrons. The van der Waals surface area contributed by atoms with E-state index in [0.29, 0.717) is 5.69 Å². The van der Waals surface area contributed by atoms with Crippen molar-refractivity contribution in [2.45, 2.75) is 30.6 Å². The van der Waals surface area contributed by atoms with Crippen molar-refractivity contribution >= 4 is 24.0 Å². The lowest BCUT2D eigenvalue weighted by atomic mass is 10.0. The van der Waals surface area contributed by atoms with Crippen LogP contribution < -0.4 is 10.0 Å². The highest BCUT2D eigenvalue weighted by Gasteiger charge is 2.18. The van der Waals surface area contributed by atoms with Crippen molar-refractivity contribution in [3.05, 3.63) is 77.2 Å². The molecule has 2 heterocycles. The third-order valence-electron chi connectivity index (χ3n) is 5.38. The summed E-state index contributed by atoms with van der Waals surface area (Å²) in [6, 6.07) is 15.2. The Kier molecular flexibility index (Phi) is 5.92. The molecule has 0 unspecified atom stereocenters. The Balaban J connectivity index is 0.000000145. The molecule has 1 aliphatic carbocycles. The number of anilines is 1. The predicted octanol–water partition coefficient (Wildman–Crippen LogP) is 4.55. The molecule has 2 aliphatic rings. The number of amides is 1. The van der Waals surface area contributed by atoms with Crippen LogP contribution in [-0.2, 0) is 24.1 Å². The Morgan fingerprint density at radius 1 is 1.03 bits per heavy atom. The average molecular weight is 408 g/mol. The van der Waals surface area contributed by atoms with Crippen LogP contribution in [0.15, 0.2) is 59.6 Å². The van der Waals surface area contributed by atoms with Gasteiger partial charge in [-0.1, -0.05) is 18.2 Å². The van der Waals surface area contributed by atoms with Crippen LogP contribution in [0.2, 0.25) is 0 Å². The molecule has 0 spiro atoms. The lowest BCUT2D eigenvalue weighted by Gasteiger charge is -2.10. The third-order valence-corrected chi connectivity index (χ3v) is 5.91. The zero-order chi connectivity index (χ0) is 20.2. The maximum atomic E-state index is 13.6. The van der Waals surface area contributed by atoms with Gasteiger partial charge in [0.15, 0.2) is 0 Å². The molecule has 0 bridgehead atoms. The first-order valence-electron chi connectivity index (χ1n) is 9.64. The zero-order valence-electron chi connectivity index (χ0n) is 16.0. The molecule has 5 rings (SSSR count). The van der Waals surface area contributed by atoms with Gasteiger partial charge in [0.05, 0.1) is 0 Å². The quantitative estimate of drug-likeness (QED) is 0.511. The topological polar surface area (TPSA) is 59.2 Å². The van der Waals surface area contributed by atoms with Gasteiger partial charge in [-0.25, -0.2) is 4.39 Å². The fraction of sp³-hybridized carbons (Fsp3) is 0.217. The predicted molar refractivity (Wildman–Crippen MR) is 115 cm³/mol. The fourth-order valence-electron chi connectivity index (χ4n) is 3.88. The minimum Gasteiger partial charge on any atom is -0.314 e. The molecule has 1 aromatic heterocycles. The molecular formula is C23H22FN3OS. The van der Waals surface area contributed by atoms with Crippen LogP contribution in [-0.4, -0.2) is 17.9 Å². The average Bonchev–Trinajstić information content (AvgIpc) is 3.40. The van der Waals surface area contributed by atoms with Crippen molar-refractivity contribution in [1.29, 1.82) is 0 Å². The van der Waals surface area contributed by atoms with Gasteiger partial charge in [-0.15, -0.1) is 0 Å². The van der Waals surface area contributed by atoms with Crippen LogP contribution in [0.1, 0.15) is 23.1 Å². The van der Waals surface area contributed by atoms with Crippen molar-refractivity contribution in [2.75, 3.05) is 11.4 Å². The summed E-state index contributed by atoms with van der Waals surface area (Å²) in [5.74, 6) is -0.250. The number of nitrogens with two attached hydrogens (primary N) is 1. The van der Waals surface area contributed by atoms with E-state index in [-0.39, 0.29) is 5.82 Å². The van der Waals surface area contributed by atoms with Crippen LogP contribution in [0.3, 0.4) is 0 Å². The number of carbonyl (C=O) groups is 1. The van der Waals surface area contributed by atoms with E-state index in [0.717, 1.165) is 48.4 Å². The van der Waals surface area contributed by atoms with Crippen LogP contribution in [0, 0.1) is 5.82 Å². The summed E-state index contributed by atoms with van der Waals surface area (Å²) in [6.45, 7) is 0.789. The summed E-state index contributed by atoms with van der Waals surface area (Å²) < 4.78 is 13.6. The van der Waals surface area contributed by atoms with Crippen molar-refractivity contribution in [2.24, 2.45) is 5.14 Å². The number of rotatable bonds is 3. The molecule has 1 amide bonds. The maximum absolute atomic E-state index is 13.6. The minimum atomic E-state index is -0.250. The zero-order valence-corrected chi connectivity index (χ0v) is 16.8. The van der Waals surface area contributed by atoms with E-state index in [9.17, 15) is 9.18 Å². The van der Waals surface area contributed by atoms with Crippen LogP contribution in [0.4, 0.5) is 10.1 Å². The number of hydrogen-bond donors (Lipinski definition) is 1. The fourth-order valence-corrected chi connectivity index (χ4v) is 4.21. The molecule has 29 heavy (non-hydrogen) atoms. The van der Waals surface area contributed by atoms with E-state index in [2.05, 4.69) is 17.1 Å². The van der Waals surface area contributed by atoms with Gasteiger partial charge < -0.3 is 4.90 Å². The molecule has 0 saturated heterocycles. The summed E-state index contributed by atoms with van der Waals surface area (Å²) in [4.78, 5) is 17.5. The smallest absolute Gasteiger partial charge is 0.214 e. The Morgan fingerprint density at radius 3 is 2.66 bits per heavy atom. The van der Waals surface area contributed by atoms with Gasteiger partial charge >= 0.3 is 0 Å². The van der Waals surface area contributed by atoms with E-state index in [1.165, 1.54) is 41.1 Å². The molecule has 6 heteroatoms. The Morgan fingerprint density at radius 2 is 1.86 bits per heavy atom. The van der Waals surface area contributed by atoms with E-state index >= 15 is 0 Å². The molecule has 4 nitrogen and oxygen atoms in total. The molecule has 0 saturated carbocycles. The monoisotopic (exact) mass is 407 g/mol. The number of halogens is 1. The molecule has 0 fully saturated rings. The Hall–Kier alpha value is -2.70. The minimum absolute atomic E-state index is 0.250. The van der Waals surface area contributed by atoms with Crippen molar-refractivity contribution in [3.8, 4) is 11.3 Å². The molecule has 2 N–H and O–H groups in total. The SMILES string of the molecule is Fc1cccnc1-c1ccc2c(c1)CCC2.NSc1ccc2c(c1)N(C=O)CC2. The summed E-state index contributed by atoms with van der Waals surface area (Å²) in [5.41, 5.74) is 6.33. The number of carbonyl (C=O) groups excluding carboxylic acids is 1. The van der Waals surface area contributed by atoms with Gasteiger partial charge in [-0.05, 0) is 84.7 Å². The number of fused-ring (bicyclic) bond motifs is 2. The molecule has 0 atom stereocenters. The lowest BCUT2D eigenvalue weighted by molar-refractivity contribution is -0.107. The number of benzene rings is 2. The van der Waals surface area contributed by atoms with E-state index in [1.54, 1.807) is 17.2 Å². The van der Waals surface area contributed by atoms with Gasteiger partial charge in [-0.2, -0.15) is 0 Å². The second kappa shape index (κ2) is 8.76. The van der Waals surface area contributed by atoms with Crippen molar-refractivity contribution in [1.82, 2.24) is 4.98 Å². The van der Waals surface area contributed by atoms with Crippen molar-refractivity contribution < 1.29 is 9.18 Å². The van der Waals surface area contributed by atoms with E-state index < -0.39 is 0 Å². The molecule has 148 valence electrons. The number of aromatic nitrogens is 1. The summed E-state index contributed by atoms with van der Waals surface area (Å²) in [6.07, 6.45) is 6.92. The highest BCUT2D eigenvalue weighted by atomic mass is 32.2. The lowest BCUT2D eigenvalue weighted by Crippen LogP contribution is -2.17. The number of nitrogens with zero attached hydrogens (tertiary/aromatic N) is 2. The van der Waals surface area contributed by atoms with Crippen LogP contribution >= 0.6 is 11.9 Å². The number of pyridine rings is 1. The van der Waals surface area contributed by atoms with E-state index in [4.69, 9.17) is 5.14 Å². The van der Waals surface area contributed by atoms with Crippen molar-refractivity contribution in [3.63, 3.8) is 0 Å². The molecule has 3 aromatic rings. The van der Waals surface area contributed by atoms with Gasteiger partial charge in [0, 0.05) is 28.9 Å². The Bertz CT molecular complexity index is 1040. The molecule has 1 aliphatic heterocycles. The normalized spacial score (nSPS) is 14.1. The second-order valence-corrected chi connectivity index (χ2v) is 7.84. The van der Waals surface area contributed by atoms with Crippen LogP contribution in [0.25, 0.3) is 11.3 Å². The highest BCUT2D eigenvalue weighted by molar-refractivity contribution is 7.97. The Labute approximate surface area is 174 Å². The number of hydrogen-bond acceptors (Lipinski definition) is 4. The maximum Gasteiger partial charge on any atom is 0.214 e. The molecule has 2 aromatic carbocycles.